The second-order valence-electron chi connectivity index (χ2n) is 7.90. The van der Waals surface area contributed by atoms with Gasteiger partial charge in [-0.3, -0.25) is 4.79 Å². The molecule has 30 heavy (non-hydrogen) atoms. The highest BCUT2D eigenvalue weighted by Crippen LogP contribution is 2.28. The van der Waals surface area contributed by atoms with Crippen molar-refractivity contribution in [2.45, 2.75) is 42.4 Å². The van der Waals surface area contributed by atoms with E-state index in [9.17, 15) is 13.2 Å². The molecule has 0 radical (unpaired) electrons. The van der Waals surface area contributed by atoms with Gasteiger partial charge in [0, 0.05) is 29.3 Å². The second-order valence-corrected chi connectivity index (χ2v) is 11.3. The van der Waals surface area contributed by atoms with Crippen molar-refractivity contribution in [2.24, 2.45) is 0 Å². The number of benzene rings is 2. The minimum atomic E-state index is -3.82. The number of carbonyl (C=O) groups is 1. The molecule has 0 saturated carbocycles. The van der Waals surface area contributed by atoms with Crippen LogP contribution in [0.15, 0.2) is 57.9 Å². The smallest absolute Gasteiger partial charge is 0.241 e. The van der Waals surface area contributed by atoms with E-state index < -0.39 is 20.5 Å². The van der Waals surface area contributed by atoms with Crippen molar-refractivity contribution in [1.29, 1.82) is 0 Å². The lowest BCUT2D eigenvalue weighted by atomic mass is 10.0. The first-order chi connectivity index (χ1) is 14.1. The molecule has 1 amide bonds. The van der Waals surface area contributed by atoms with Crippen molar-refractivity contribution in [3.63, 3.8) is 0 Å². The molecule has 1 N–H and O–H groups in total. The molecule has 0 bridgehead atoms. The van der Waals surface area contributed by atoms with Crippen LogP contribution in [0.1, 0.15) is 26.7 Å². The Bertz CT molecular complexity index is 981. The molecular weight excluding hydrogens is 468 g/mol. The molecule has 1 fully saturated rings. The van der Waals surface area contributed by atoms with Crippen LogP contribution in [0.3, 0.4) is 0 Å². The summed E-state index contributed by atoms with van der Waals surface area (Å²) in [6.07, 6.45) is 1.51. The third kappa shape index (κ3) is 4.64. The molecule has 0 atom stereocenters. The quantitative estimate of drug-likeness (QED) is 0.660. The van der Waals surface area contributed by atoms with Gasteiger partial charge in [0.2, 0.25) is 5.91 Å². The van der Waals surface area contributed by atoms with Crippen LogP contribution < -0.4 is 15.0 Å². The monoisotopic (exact) mass is 494 g/mol. The van der Waals surface area contributed by atoms with Crippen molar-refractivity contribution in [1.82, 2.24) is 5.32 Å². The van der Waals surface area contributed by atoms with Gasteiger partial charge in [0.05, 0.1) is 12.0 Å². The van der Waals surface area contributed by atoms with Crippen molar-refractivity contribution < 1.29 is 17.9 Å². The van der Waals surface area contributed by atoms with Gasteiger partial charge in [-0.2, -0.15) is 0 Å². The number of nitrogens with one attached hydrogen (secondary N) is 1. The summed E-state index contributed by atoms with van der Waals surface area (Å²) in [4.78, 5) is 15.3. The first-order valence-corrected chi connectivity index (χ1v) is 12.1. The van der Waals surface area contributed by atoms with Gasteiger partial charge < -0.3 is 15.0 Å². The number of amides is 1. The Morgan fingerprint density at radius 3 is 2.17 bits per heavy atom. The Labute approximate surface area is 186 Å². The van der Waals surface area contributed by atoms with Gasteiger partial charge in [-0.1, -0.05) is 15.9 Å². The van der Waals surface area contributed by atoms with Crippen LogP contribution >= 0.6 is 15.9 Å². The predicted octanol–water partition coefficient (Wildman–Crippen LogP) is 3.80. The molecule has 8 heteroatoms. The molecule has 1 aliphatic heterocycles. The van der Waals surface area contributed by atoms with Gasteiger partial charge in [-0.15, -0.1) is 0 Å². The molecule has 6 nitrogen and oxygen atoms in total. The van der Waals surface area contributed by atoms with Crippen LogP contribution in [0.5, 0.6) is 5.75 Å². The minimum Gasteiger partial charge on any atom is -0.497 e. The lowest BCUT2D eigenvalue weighted by Gasteiger charge is -2.35. The summed E-state index contributed by atoms with van der Waals surface area (Å²) < 4.78 is 30.5. The lowest BCUT2D eigenvalue weighted by Crippen LogP contribution is -2.53. The van der Waals surface area contributed by atoms with E-state index in [-0.39, 0.29) is 10.9 Å². The zero-order chi connectivity index (χ0) is 21.9. The highest BCUT2D eigenvalue weighted by Gasteiger charge is 2.43. The average molecular weight is 495 g/mol. The van der Waals surface area contributed by atoms with Gasteiger partial charge >= 0.3 is 0 Å². The minimum absolute atomic E-state index is 0.0496. The molecular formula is C22H27BrN2O4S. The number of piperidine rings is 1. The number of anilines is 1. The van der Waals surface area contributed by atoms with Crippen molar-refractivity contribution >= 4 is 37.4 Å². The standard InChI is InChI=1S/C22H27BrN2O4S/c1-22(2,30(27,28)20-10-4-16(23)5-11-20)21(26)24-17-12-14-25(15-13-17)18-6-8-19(29-3)9-7-18/h4-11,17H,12-15H2,1-3H3,(H,24,26). The van der Waals surface area contributed by atoms with Gasteiger partial charge in [-0.05, 0) is 75.2 Å². The molecule has 0 spiro atoms. The van der Waals surface area contributed by atoms with E-state index in [2.05, 4.69) is 26.1 Å². The summed E-state index contributed by atoms with van der Waals surface area (Å²) in [7, 11) is -2.18. The number of carbonyl (C=O) groups excluding carboxylic acids is 1. The predicted molar refractivity (Wildman–Crippen MR) is 122 cm³/mol. The zero-order valence-corrected chi connectivity index (χ0v) is 19.8. The second kappa shape index (κ2) is 8.98. The van der Waals surface area contributed by atoms with Crippen LogP contribution in [0.4, 0.5) is 5.69 Å². The maximum absolute atomic E-state index is 13.0. The number of rotatable bonds is 6. The van der Waals surface area contributed by atoms with E-state index in [1.54, 1.807) is 19.2 Å². The summed E-state index contributed by atoms with van der Waals surface area (Å²) in [6.45, 7) is 4.51. The SMILES string of the molecule is COc1ccc(N2CCC(NC(=O)C(C)(C)S(=O)(=O)c3ccc(Br)cc3)CC2)cc1. The number of ether oxygens (including phenoxy) is 1. The molecule has 2 aromatic carbocycles. The van der Waals surface area contributed by atoms with Crippen LogP contribution in [0.25, 0.3) is 0 Å². The fourth-order valence-corrected chi connectivity index (χ4v) is 5.12. The van der Waals surface area contributed by atoms with E-state index in [1.165, 1.54) is 26.0 Å². The van der Waals surface area contributed by atoms with Crippen molar-refractivity contribution in [3.8, 4) is 5.75 Å². The molecule has 1 aliphatic rings. The molecule has 1 heterocycles. The first-order valence-electron chi connectivity index (χ1n) is 9.85. The zero-order valence-electron chi connectivity index (χ0n) is 17.4. The summed E-state index contributed by atoms with van der Waals surface area (Å²) >= 11 is 3.30. The fourth-order valence-electron chi connectivity index (χ4n) is 3.46. The van der Waals surface area contributed by atoms with Crippen molar-refractivity contribution in [2.75, 3.05) is 25.1 Å². The molecule has 2 aromatic rings. The highest BCUT2D eigenvalue weighted by atomic mass is 79.9. The Hall–Kier alpha value is -2.06. The van der Waals surface area contributed by atoms with Crippen LogP contribution in [-0.4, -0.2) is 45.3 Å². The Morgan fingerprint density at radius 1 is 1.07 bits per heavy atom. The Morgan fingerprint density at radius 2 is 1.63 bits per heavy atom. The molecule has 3 rings (SSSR count). The number of hydrogen-bond acceptors (Lipinski definition) is 5. The lowest BCUT2D eigenvalue weighted by molar-refractivity contribution is -0.123. The van der Waals surface area contributed by atoms with E-state index in [1.807, 2.05) is 24.3 Å². The molecule has 0 aromatic heterocycles. The molecule has 0 unspecified atom stereocenters. The number of nitrogens with zero attached hydrogens (tertiary/aromatic N) is 1. The average Bonchev–Trinajstić information content (AvgIpc) is 2.74. The summed E-state index contributed by atoms with van der Waals surface area (Å²) in [5.74, 6) is 0.350. The van der Waals surface area contributed by atoms with Gasteiger partial charge in [0.1, 0.15) is 10.5 Å². The third-order valence-electron chi connectivity index (χ3n) is 5.61. The van der Waals surface area contributed by atoms with Crippen LogP contribution in [0.2, 0.25) is 0 Å². The summed E-state index contributed by atoms with van der Waals surface area (Å²) in [6, 6.07) is 14.2. The van der Waals surface area contributed by atoms with Crippen LogP contribution in [0, 0.1) is 0 Å². The van der Waals surface area contributed by atoms with E-state index in [0.29, 0.717) is 0 Å². The van der Waals surface area contributed by atoms with E-state index in [0.717, 1.165) is 41.8 Å². The number of halogens is 1. The fraction of sp³-hybridized carbons (Fsp3) is 0.409. The number of hydrogen-bond donors (Lipinski definition) is 1. The maximum atomic E-state index is 13.0. The largest absolute Gasteiger partial charge is 0.497 e. The summed E-state index contributed by atoms with van der Waals surface area (Å²) in [5.41, 5.74) is 1.11. The number of methoxy groups -OCH3 is 1. The van der Waals surface area contributed by atoms with Gasteiger partial charge in [0.15, 0.2) is 9.84 Å². The topological polar surface area (TPSA) is 75.7 Å². The number of sulfone groups is 1. The summed E-state index contributed by atoms with van der Waals surface area (Å²) in [5, 5.41) is 2.96. The van der Waals surface area contributed by atoms with E-state index >= 15 is 0 Å². The van der Waals surface area contributed by atoms with E-state index in [4.69, 9.17) is 4.74 Å². The normalized spacial score (nSPS) is 15.7. The Balaban J connectivity index is 1.62. The molecule has 0 aliphatic carbocycles. The van der Waals surface area contributed by atoms with Crippen molar-refractivity contribution in [3.05, 3.63) is 53.0 Å². The molecule has 1 saturated heterocycles. The highest BCUT2D eigenvalue weighted by molar-refractivity contribution is 9.10. The van der Waals surface area contributed by atoms with Gasteiger partial charge in [-0.25, -0.2) is 8.42 Å². The first kappa shape index (κ1) is 22.6. The maximum Gasteiger partial charge on any atom is 0.241 e. The van der Waals surface area contributed by atoms with Crippen LogP contribution in [-0.2, 0) is 14.6 Å². The molecule has 162 valence electrons. The Kier molecular flexibility index (Phi) is 6.77. The third-order valence-corrected chi connectivity index (χ3v) is 8.56. The van der Waals surface area contributed by atoms with Gasteiger partial charge in [0.25, 0.3) is 0 Å².